The Hall–Kier alpha value is -1.50. The fraction of sp³-hybridized carbons (Fsp3) is 0.500. The van der Waals surface area contributed by atoms with Crippen LogP contribution in [0.1, 0.15) is 28.8 Å². The number of hydrogen-bond donors (Lipinski definition) is 0. The number of benzene rings is 1. The number of halogens is 2. The first-order chi connectivity index (χ1) is 9.78. The van der Waals surface area contributed by atoms with Crippen molar-refractivity contribution >= 4 is 15.8 Å². The molecule has 0 aromatic heterocycles. The maximum Gasteiger partial charge on any atom is 0.341 e. The number of carbonyl (C=O) groups excluding carboxylic acids is 1. The van der Waals surface area contributed by atoms with Crippen molar-refractivity contribution < 1.29 is 26.7 Å². The number of esters is 1. The normalized spacial score (nSPS) is 18.4. The maximum atomic E-state index is 13.6. The third kappa shape index (κ3) is 4.00. The van der Waals surface area contributed by atoms with E-state index in [-0.39, 0.29) is 29.6 Å². The standard InChI is InChI=1S/C14H16F2O4S/c1-9-6-13(16)11(7-12(9)15)14(17)20-8-10-2-4-21(18,19)5-3-10/h6-7,10H,2-5,8H2,1H3. The molecule has 0 atom stereocenters. The quantitative estimate of drug-likeness (QED) is 0.802. The molecule has 1 fully saturated rings. The SMILES string of the molecule is Cc1cc(F)c(C(=O)OCC2CCS(=O)(=O)CC2)cc1F. The largest absolute Gasteiger partial charge is 0.462 e. The monoisotopic (exact) mass is 318 g/mol. The highest BCUT2D eigenvalue weighted by atomic mass is 32.2. The maximum absolute atomic E-state index is 13.6. The Morgan fingerprint density at radius 1 is 1.24 bits per heavy atom. The Bertz CT molecular complexity index is 641. The van der Waals surface area contributed by atoms with Crippen molar-refractivity contribution in [3.8, 4) is 0 Å². The molecule has 7 heteroatoms. The Kier molecular flexibility index (Phi) is 4.61. The first kappa shape index (κ1) is 15.9. The van der Waals surface area contributed by atoms with E-state index < -0.39 is 33.0 Å². The highest BCUT2D eigenvalue weighted by Gasteiger charge is 2.25. The van der Waals surface area contributed by atoms with Gasteiger partial charge in [-0.3, -0.25) is 0 Å². The predicted molar refractivity (Wildman–Crippen MR) is 72.8 cm³/mol. The number of ether oxygens (including phenoxy) is 1. The van der Waals surface area contributed by atoms with Crippen molar-refractivity contribution in [2.75, 3.05) is 18.1 Å². The van der Waals surface area contributed by atoms with Gasteiger partial charge in [0, 0.05) is 0 Å². The van der Waals surface area contributed by atoms with E-state index in [1.54, 1.807) is 0 Å². The zero-order valence-corrected chi connectivity index (χ0v) is 12.4. The van der Waals surface area contributed by atoms with Crippen molar-refractivity contribution in [2.45, 2.75) is 19.8 Å². The van der Waals surface area contributed by atoms with E-state index in [0.717, 1.165) is 12.1 Å². The van der Waals surface area contributed by atoms with Gasteiger partial charge in [0.1, 0.15) is 21.5 Å². The van der Waals surface area contributed by atoms with Crippen LogP contribution in [0, 0.1) is 24.5 Å². The van der Waals surface area contributed by atoms with Crippen molar-refractivity contribution in [3.05, 3.63) is 34.9 Å². The van der Waals surface area contributed by atoms with Crippen molar-refractivity contribution in [1.82, 2.24) is 0 Å². The highest BCUT2D eigenvalue weighted by molar-refractivity contribution is 7.91. The molecule has 0 saturated carbocycles. The minimum atomic E-state index is -2.97. The molecule has 0 radical (unpaired) electrons. The molecular weight excluding hydrogens is 302 g/mol. The molecule has 1 aromatic carbocycles. The van der Waals surface area contributed by atoms with Crippen molar-refractivity contribution in [3.63, 3.8) is 0 Å². The third-order valence-electron chi connectivity index (χ3n) is 3.59. The van der Waals surface area contributed by atoms with E-state index in [1.807, 2.05) is 0 Å². The van der Waals surface area contributed by atoms with Crippen LogP contribution < -0.4 is 0 Å². The summed E-state index contributed by atoms with van der Waals surface area (Å²) in [5, 5.41) is 0. The molecule has 1 aliphatic heterocycles. The summed E-state index contributed by atoms with van der Waals surface area (Å²) in [6.45, 7) is 1.42. The van der Waals surface area contributed by atoms with Gasteiger partial charge >= 0.3 is 5.97 Å². The van der Waals surface area contributed by atoms with E-state index in [0.29, 0.717) is 12.8 Å². The summed E-state index contributed by atoms with van der Waals surface area (Å²) in [4.78, 5) is 11.8. The Morgan fingerprint density at radius 2 is 1.86 bits per heavy atom. The van der Waals surface area contributed by atoms with E-state index >= 15 is 0 Å². The molecule has 0 spiro atoms. The van der Waals surface area contributed by atoms with Gasteiger partial charge in [0.2, 0.25) is 0 Å². The molecule has 0 N–H and O–H groups in total. The summed E-state index contributed by atoms with van der Waals surface area (Å²) >= 11 is 0. The molecule has 1 saturated heterocycles. The van der Waals surface area contributed by atoms with Gasteiger partial charge in [0.25, 0.3) is 0 Å². The van der Waals surface area contributed by atoms with Crippen LogP contribution >= 0.6 is 0 Å². The van der Waals surface area contributed by atoms with Crippen LogP contribution in [0.2, 0.25) is 0 Å². The second-order valence-corrected chi connectivity index (χ2v) is 7.58. The number of aryl methyl sites for hydroxylation is 1. The zero-order valence-electron chi connectivity index (χ0n) is 11.6. The van der Waals surface area contributed by atoms with Gasteiger partial charge < -0.3 is 4.74 Å². The molecule has 0 bridgehead atoms. The molecule has 4 nitrogen and oxygen atoms in total. The molecule has 21 heavy (non-hydrogen) atoms. The molecule has 1 aromatic rings. The smallest absolute Gasteiger partial charge is 0.341 e. The topological polar surface area (TPSA) is 60.4 Å². The van der Waals surface area contributed by atoms with Gasteiger partial charge in [-0.25, -0.2) is 22.0 Å². The van der Waals surface area contributed by atoms with Crippen LogP contribution in [-0.4, -0.2) is 32.5 Å². The second kappa shape index (κ2) is 6.09. The lowest BCUT2D eigenvalue weighted by molar-refractivity contribution is 0.0426. The summed E-state index contributed by atoms with van der Waals surface area (Å²) in [5.41, 5.74) is -0.330. The Balaban J connectivity index is 1.95. The minimum absolute atomic E-state index is 0.0172. The van der Waals surface area contributed by atoms with E-state index in [4.69, 9.17) is 4.74 Å². The van der Waals surface area contributed by atoms with Gasteiger partial charge in [0.15, 0.2) is 0 Å². The van der Waals surface area contributed by atoms with Gasteiger partial charge in [-0.1, -0.05) is 0 Å². The lowest BCUT2D eigenvalue weighted by atomic mass is 10.0. The lowest BCUT2D eigenvalue weighted by Crippen LogP contribution is -2.27. The summed E-state index contributed by atoms with van der Waals surface area (Å²) in [7, 11) is -2.97. The van der Waals surface area contributed by atoms with E-state index in [1.165, 1.54) is 6.92 Å². The zero-order chi connectivity index (χ0) is 15.6. The minimum Gasteiger partial charge on any atom is -0.462 e. The first-order valence-electron chi connectivity index (χ1n) is 6.62. The summed E-state index contributed by atoms with van der Waals surface area (Å²) in [6, 6.07) is 1.76. The third-order valence-corrected chi connectivity index (χ3v) is 5.31. The van der Waals surface area contributed by atoms with Gasteiger partial charge in [0.05, 0.1) is 23.7 Å². The summed E-state index contributed by atoms with van der Waals surface area (Å²) in [5.74, 6) is -2.35. The van der Waals surface area contributed by atoms with Gasteiger partial charge in [-0.15, -0.1) is 0 Å². The molecule has 0 aliphatic carbocycles. The fourth-order valence-corrected chi connectivity index (χ4v) is 3.77. The Labute approximate surface area is 122 Å². The first-order valence-corrected chi connectivity index (χ1v) is 8.44. The predicted octanol–water partition coefficient (Wildman–Crippen LogP) is 2.25. The molecule has 116 valence electrons. The van der Waals surface area contributed by atoms with E-state index in [2.05, 4.69) is 0 Å². The molecule has 0 unspecified atom stereocenters. The van der Waals surface area contributed by atoms with Gasteiger partial charge in [-0.05, 0) is 43.4 Å². The lowest BCUT2D eigenvalue weighted by Gasteiger charge is -2.21. The fourth-order valence-electron chi connectivity index (χ4n) is 2.18. The second-order valence-electron chi connectivity index (χ2n) is 5.27. The van der Waals surface area contributed by atoms with E-state index in [9.17, 15) is 22.0 Å². The number of rotatable bonds is 3. The van der Waals surface area contributed by atoms with Crippen molar-refractivity contribution in [2.24, 2.45) is 5.92 Å². The number of sulfone groups is 1. The average Bonchev–Trinajstić information content (AvgIpc) is 2.41. The van der Waals surface area contributed by atoms with Crippen LogP contribution in [0.25, 0.3) is 0 Å². The summed E-state index contributed by atoms with van der Waals surface area (Å²) < 4.78 is 54.5. The molecule has 0 amide bonds. The van der Waals surface area contributed by atoms with Crippen LogP contribution in [0.5, 0.6) is 0 Å². The molecule has 2 rings (SSSR count). The van der Waals surface area contributed by atoms with Crippen LogP contribution in [0.3, 0.4) is 0 Å². The highest BCUT2D eigenvalue weighted by Crippen LogP contribution is 2.20. The van der Waals surface area contributed by atoms with Gasteiger partial charge in [-0.2, -0.15) is 0 Å². The molecule has 1 aliphatic rings. The average molecular weight is 318 g/mol. The Morgan fingerprint density at radius 3 is 2.48 bits per heavy atom. The number of carbonyl (C=O) groups is 1. The molecular formula is C14H16F2O4S. The summed E-state index contributed by atoms with van der Waals surface area (Å²) in [6.07, 6.45) is 0.834. The van der Waals surface area contributed by atoms with Crippen LogP contribution in [0.15, 0.2) is 12.1 Å². The number of hydrogen-bond acceptors (Lipinski definition) is 4. The van der Waals surface area contributed by atoms with Crippen molar-refractivity contribution in [1.29, 1.82) is 0 Å². The van der Waals surface area contributed by atoms with Crippen LogP contribution in [-0.2, 0) is 14.6 Å². The molecule has 1 heterocycles. The van der Waals surface area contributed by atoms with Crippen LogP contribution in [0.4, 0.5) is 8.78 Å².